The second-order valence-electron chi connectivity index (χ2n) is 6.34. The summed E-state index contributed by atoms with van der Waals surface area (Å²) in [4.78, 5) is 4.10. The van der Waals surface area contributed by atoms with Crippen molar-refractivity contribution < 1.29 is 9.84 Å². The molecule has 130 valence electrons. The van der Waals surface area contributed by atoms with Crippen LogP contribution in [-0.4, -0.2) is 22.8 Å². The third-order valence-corrected chi connectivity index (χ3v) is 4.14. The quantitative estimate of drug-likeness (QED) is 0.567. The van der Waals surface area contributed by atoms with Gasteiger partial charge in [0.2, 0.25) is 5.88 Å². The van der Waals surface area contributed by atoms with E-state index >= 15 is 0 Å². The van der Waals surface area contributed by atoms with E-state index in [9.17, 15) is 5.11 Å². The third-order valence-electron chi connectivity index (χ3n) is 4.14. The number of hydrogen-bond donors (Lipinski definition) is 1. The van der Waals surface area contributed by atoms with Crippen LogP contribution in [0, 0.1) is 0 Å². The van der Waals surface area contributed by atoms with E-state index in [2.05, 4.69) is 37.0 Å². The van der Waals surface area contributed by atoms with Gasteiger partial charge >= 0.3 is 0 Å². The maximum atomic E-state index is 9.39. The van der Waals surface area contributed by atoms with E-state index in [0.29, 0.717) is 6.10 Å². The molecule has 2 rings (SSSR count). The van der Waals surface area contributed by atoms with Crippen LogP contribution in [0.5, 0.6) is 5.88 Å². The molecule has 0 fully saturated rings. The summed E-state index contributed by atoms with van der Waals surface area (Å²) in [6.07, 6.45) is 11.7. The van der Waals surface area contributed by atoms with Crippen molar-refractivity contribution in [2.24, 2.45) is 0 Å². The Labute approximate surface area is 145 Å². The number of fused-ring (bicyclic) bond motifs is 1. The first-order valence-electron chi connectivity index (χ1n) is 9.07. The van der Waals surface area contributed by atoms with Gasteiger partial charge in [-0.05, 0) is 56.4 Å². The maximum Gasteiger partial charge on any atom is 0.211 e. The third kappa shape index (κ3) is 6.32. The predicted octanol–water partition coefficient (Wildman–Crippen LogP) is 5.72. The van der Waals surface area contributed by atoms with E-state index < -0.39 is 0 Å². The summed E-state index contributed by atoms with van der Waals surface area (Å²) in [6.45, 7) is 5.28. The minimum absolute atomic E-state index is 0.0665. The molecule has 1 heterocycles. The second kappa shape index (κ2) is 10.1. The minimum atomic E-state index is 0.0665. The number of aromatic nitrogens is 1. The normalized spacial score (nSPS) is 12.9. The number of nitrogens with zero attached hydrogens (tertiary/aromatic N) is 1. The van der Waals surface area contributed by atoms with Crippen molar-refractivity contribution in [3.8, 4) is 5.88 Å². The van der Waals surface area contributed by atoms with Gasteiger partial charge in [0.05, 0.1) is 11.6 Å². The number of unbranched alkanes of at least 4 members (excludes halogenated alkanes) is 3. The molecule has 1 aromatic heterocycles. The first-order chi connectivity index (χ1) is 11.7. The fraction of sp³-hybridized carbons (Fsp3) is 0.476. The van der Waals surface area contributed by atoms with Gasteiger partial charge in [-0.15, -0.1) is 0 Å². The Hall–Kier alpha value is -1.87. The summed E-state index contributed by atoms with van der Waals surface area (Å²) in [6, 6.07) is 9.59. The Kier molecular flexibility index (Phi) is 7.76. The molecule has 0 aliphatic rings. The Morgan fingerprint density at radius 2 is 2.04 bits per heavy atom. The van der Waals surface area contributed by atoms with Crippen molar-refractivity contribution in [2.45, 2.75) is 58.5 Å². The summed E-state index contributed by atoms with van der Waals surface area (Å²) in [5.41, 5.74) is 1.99. The number of aromatic hydroxyl groups is 1. The van der Waals surface area contributed by atoms with Crippen LogP contribution < -0.4 is 0 Å². The van der Waals surface area contributed by atoms with Gasteiger partial charge in [-0.25, -0.2) is 4.98 Å². The standard InChI is InChI=1S/C21H29NO2/c1-3-4-8-15-24-17(2)9-6-5-7-10-18-11-13-20-19(16-18)12-14-21(23)22-20/h7,10-14,16-17H,3-6,8-9,15H2,1-2H3,(H,22,23)/b10-7+. The lowest BCUT2D eigenvalue weighted by Crippen LogP contribution is -2.08. The number of benzene rings is 1. The molecule has 0 bridgehead atoms. The van der Waals surface area contributed by atoms with Gasteiger partial charge in [0.1, 0.15) is 0 Å². The van der Waals surface area contributed by atoms with Crippen molar-refractivity contribution in [2.75, 3.05) is 6.61 Å². The average molecular weight is 327 g/mol. The summed E-state index contributed by atoms with van der Waals surface area (Å²) < 4.78 is 5.82. The van der Waals surface area contributed by atoms with Crippen LogP contribution in [0.25, 0.3) is 17.0 Å². The van der Waals surface area contributed by atoms with Gasteiger partial charge in [-0.2, -0.15) is 0 Å². The maximum absolute atomic E-state index is 9.39. The fourth-order valence-electron chi connectivity index (χ4n) is 2.70. The number of rotatable bonds is 10. The predicted molar refractivity (Wildman–Crippen MR) is 101 cm³/mol. The van der Waals surface area contributed by atoms with Crippen LogP contribution in [-0.2, 0) is 4.74 Å². The van der Waals surface area contributed by atoms with E-state index in [4.69, 9.17) is 4.74 Å². The zero-order valence-corrected chi connectivity index (χ0v) is 14.9. The van der Waals surface area contributed by atoms with Crippen molar-refractivity contribution >= 4 is 17.0 Å². The SMILES string of the molecule is CCCCCOC(C)CCC/C=C/c1ccc2nc(O)ccc2c1. The Bertz CT molecular complexity index is 651. The Morgan fingerprint density at radius 3 is 2.88 bits per heavy atom. The van der Waals surface area contributed by atoms with Crippen LogP contribution in [0.3, 0.4) is 0 Å². The molecule has 1 atom stereocenters. The first-order valence-corrected chi connectivity index (χ1v) is 9.07. The van der Waals surface area contributed by atoms with Gasteiger partial charge in [0.15, 0.2) is 0 Å². The van der Waals surface area contributed by atoms with Crippen LogP contribution in [0.4, 0.5) is 0 Å². The molecular weight excluding hydrogens is 298 g/mol. The molecule has 1 N–H and O–H groups in total. The lowest BCUT2D eigenvalue weighted by Gasteiger charge is -2.11. The van der Waals surface area contributed by atoms with Crippen LogP contribution in [0.2, 0.25) is 0 Å². The molecule has 2 aromatic rings. The van der Waals surface area contributed by atoms with Gasteiger partial charge in [0, 0.05) is 18.1 Å². The summed E-state index contributed by atoms with van der Waals surface area (Å²) in [5.74, 6) is 0.0665. The average Bonchev–Trinajstić information content (AvgIpc) is 2.58. The molecule has 24 heavy (non-hydrogen) atoms. The van der Waals surface area contributed by atoms with Crippen molar-refractivity contribution in [3.05, 3.63) is 42.0 Å². The topological polar surface area (TPSA) is 42.4 Å². The van der Waals surface area contributed by atoms with Crippen LogP contribution in [0.15, 0.2) is 36.4 Å². The molecule has 1 aromatic carbocycles. The smallest absolute Gasteiger partial charge is 0.211 e. The number of pyridine rings is 1. The van der Waals surface area contributed by atoms with Gasteiger partial charge in [-0.3, -0.25) is 0 Å². The molecule has 0 aliphatic carbocycles. The molecule has 1 unspecified atom stereocenters. The van der Waals surface area contributed by atoms with E-state index in [1.807, 2.05) is 18.2 Å². The van der Waals surface area contributed by atoms with Gasteiger partial charge in [0.25, 0.3) is 0 Å². The van der Waals surface area contributed by atoms with Gasteiger partial charge < -0.3 is 9.84 Å². The molecule has 0 spiro atoms. The van der Waals surface area contributed by atoms with E-state index in [0.717, 1.165) is 36.8 Å². The highest BCUT2D eigenvalue weighted by Gasteiger charge is 2.01. The highest BCUT2D eigenvalue weighted by Crippen LogP contribution is 2.18. The van der Waals surface area contributed by atoms with Crippen molar-refractivity contribution in [1.82, 2.24) is 4.98 Å². The largest absolute Gasteiger partial charge is 0.493 e. The second-order valence-corrected chi connectivity index (χ2v) is 6.34. The Balaban J connectivity index is 1.71. The molecule has 0 amide bonds. The molecule has 0 saturated carbocycles. The molecule has 0 radical (unpaired) electrons. The highest BCUT2D eigenvalue weighted by atomic mass is 16.5. The molecule has 0 aliphatic heterocycles. The fourth-order valence-corrected chi connectivity index (χ4v) is 2.70. The minimum Gasteiger partial charge on any atom is -0.493 e. The number of allylic oxidation sites excluding steroid dienone is 1. The lowest BCUT2D eigenvalue weighted by molar-refractivity contribution is 0.0566. The number of hydrogen-bond acceptors (Lipinski definition) is 3. The molecular formula is C21H29NO2. The molecule has 3 heteroatoms. The zero-order chi connectivity index (χ0) is 17.2. The van der Waals surface area contributed by atoms with Crippen molar-refractivity contribution in [1.29, 1.82) is 0 Å². The lowest BCUT2D eigenvalue weighted by atomic mass is 10.1. The molecule has 3 nitrogen and oxygen atoms in total. The van der Waals surface area contributed by atoms with Crippen LogP contribution >= 0.6 is 0 Å². The van der Waals surface area contributed by atoms with Crippen molar-refractivity contribution in [3.63, 3.8) is 0 Å². The van der Waals surface area contributed by atoms with Crippen LogP contribution in [0.1, 0.15) is 57.9 Å². The summed E-state index contributed by atoms with van der Waals surface area (Å²) >= 11 is 0. The summed E-state index contributed by atoms with van der Waals surface area (Å²) in [5, 5.41) is 10.4. The van der Waals surface area contributed by atoms with E-state index in [1.54, 1.807) is 6.07 Å². The van der Waals surface area contributed by atoms with E-state index in [1.165, 1.54) is 24.8 Å². The number of ether oxygens (including phenoxy) is 1. The molecule has 0 saturated heterocycles. The first kappa shape index (κ1) is 18.5. The Morgan fingerprint density at radius 1 is 1.17 bits per heavy atom. The highest BCUT2D eigenvalue weighted by molar-refractivity contribution is 5.81. The van der Waals surface area contributed by atoms with Gasteiger partial charge in [-0.1, -0.05) is 38.0 Å². The van der Waals surface area contributed by atoms with E-state index in [-0.39, 0.29) is 5.88 Å². The zero-order valence-electron chi connectivity index (χ0n) is 14.9. The monoisotopic (exact) mass is 327 g/mol. The summed E-state index contributed by atoms with van der Waals surface area (Å²) in [7, 11) is 0.